The molecule has 1 aliphatic heterocycles. The quantitative estimate of drug-likeness (QED) is 0.877. The van der Waals surface area contributed by atoms with Crippen molar-refractivity contribution in [3.8, 4) is 0 Å². The van der Waals surface area contributed by atoms with Crippen molar-refractivity contribution < 1.29 is 5.11 Å². The maximum atomic E-state index is 11.7. The molecule has 1 heterocycles. The fourth-order valence-electron chi connectivity index (χ4n) is 3.47. The highest BCUT2D eigenvalue weighted by atomic mass is 35.5. The molecule has 0 radical (unpaired) electrons. The molecular weight excluding hydrogens is 329 g/mol. The molecule has 0 amide bonds. The third kappa shape index (κ3) is 3.41. The molecule has 1 fully saturated rings. The van der Waals surface area contributed by atoms with Crippen molar-refractivity contribution in [2.75, 3.05) is 20.1 Å². The van der Waals surface area contributed by atoms with Crippen molar-refractivity contribution >= 4 is 23.2 Å². The van der Waals surface area contributed by atoms with Gasteiger partial charge in [0, 0.05) is 10.0 Å². The molecule has 0 aromatic heterocycles. The van der Waals surface area contributed by atoms with Crippen LogP contribution in [0.4, 0.5) is 0 Å². The minimum Gasteiger partial charge on any atom is -0.380 e. The molecule has 0 saturated carbocycles. The van der Waals surface area contributed by atoms with Crippen LogP contribution in [0, 0.1) is 5.92 Å². The standard InChI is InChI=1S/C19H21Cl2NO/c1-22-12-10-16(11-13-22)19(23,14-2-6-17(20)7-3-14)15-4-8-18(21)9-5-15/h2-9,16,23H,10-13H2,1H3. The van der Waals surface area contributed by atoms with Crippen LogP contribution in [0.1, 0.15) is 24.0 Å². The second kappa shape index (κ2) is 6.82. The van der Waals surface area contributed by atoms with Crippen LogP contribution in [0.25, 0.3) is 0 Å². The number of rotatable bonds is 3. The Kier molecular flexibility index (Phi) is 4.98. The number of piperidine rings is 1. The first-order chi connectivity index (χ1) is 11.0. The Hall–Kier alpha value is -1.06. The number of hydrogen-bond acceptors (Lipinski definition) is 2. The zero-order valence-corrected chi connectivity index (χ0v) is 14.7. The van der Waals surface area contributed by atoms with E-state index in [-0.39, 0.29) is 5.92 Å². The van der Waals surface area contributed by atoms with Crippen LogP contribution in [-0.4, -0.2) is 30.1 Å². The number of likely N-dealkylation sites (tertiary alicyclic amines) is 1. The highest BCUT2D eigenvalue weighted by Gasteiger charge is 2.41. The van der Waals surface area contributed by atoms with Gasteiger partial charge in [-0.3, -0.25) is 0 Å². The van der Waals surface area contributed by atoms with E-state index in [9.17, 15) is 5.11 Å². The second-order valence-electron chi connectivity index (χ2n) is 6.36. The third-order valence-electron chi connectivity index (χ3n) is 4.88. The number of aliphatic hydroxyl groups is 1. The van der Waals surface area contributed by atoms with Crippen molar-refractivity contribution in [2.45, 2.75) is 18.4 Å². The van der Waals surface area contributed by atoms with E-state index in [0.717, 1.165) is 37.1 Å². The first-order valence-corrected chi connectivity index (χ1v) is 8.69. The number of hydrogen-bond donors (Lipinski definition) is 1. The first kappa shape index (κ1) is 16.8. The number of nitrogens with zero attached hydrogens (tertiary/aromatic N) is 1. The molecule has 1 N–H and O–H groups in total. The lowest BCUT2D eigenvalue weighted by Gasteiger charge is -2.41. The summed E-state index contributed by atoms with van der Waals surface area (Å²) in [6, 6.07) is 15.1. The summed E-state index contributed by atoms with van der Waals surface area (Å²) in [4.78, 5) is 2.31. The topological polar surface area (TPSA) is 23.5 Å². The molecule has 0 atom stereocenters. The highest BCUT2D eigenvalue weighted by molar-refractivity contribution is 6.30. The fraction of sp³-hybridized carbons (Fsp3) is 0.368. The summed E-state index contributed by atoms with van der Waals surface area (Å²) in [6.45, 7) is 1.99. The molecule has 0 bridgehead atoms. The maximum absolute atomic E-state index is 11.7. The third-order valence-corrected chi connectivity index (χ3v) is 5.38. The van der Waals surface area contributed by atoms with Gasteiger partial charge in [-0.05, 0) is 74.3 Å². The van der Waals surface area contributed by atoms with Gasteiger partial charge >= 0.3 is 0 Å². The van der Waals surface area contributed by atoms with E-state index in [1.54, 1.807) is 0 Å². The van der Waals surface area contributed by atoms with Gasteiger partial charge in [0.15, 0.2) is 0 Å². The summed E-state index contributed by atoms with van der Waals surface area (Å²) in [6.07, 6.45) is 1.91. The molecule has 2 aromatic rings. The minimum atomic E-state index is -1.02. The summed E-state index contributed by atoms with van der Waals surface area (Å²) in [5.41, 5.74) is 0.758. The van der Waals surface area contributed by atoms with Crippen LogP contribution >= 0.6 is 23.2 Å². The molecule has 122 valence electrons. The van der Waals surface area contributed by atoms with Crippen LogP contribution in [0.3, 0.4) is 0 Å². The van der Waals surface area contributed by atoms with E-state index in [2.05, 4.69) is 11.9 Å². The normalized spacial score (nSPS) is 17.4. The molecule has 2 nitrogen and oxygen atoms in total. The van der Waals surface area contributed by atoms with Crippen molar-refractivity contribution in [1.29, 1.82) is 0 Å². The average Bonchev–Trinajstić information content (AvgIpc) is 2.56. The van der Waals surface area contributed by atoms with E-state index < -0.39 is 5.60 Å². The summed E-state index contributed by atoms with van der Waals surface area (Å²) >= 11 is 12.1. The highest BCUT2D eigenvalue weighted by Crippen LogP contribution is 2.42. The van der Waals surface area contributed by atoms with Crippen LogP contribution in [0.2, 0.25) is 10.0 Å². The van der Waals surface area contributed by atoms with E-state index in [1.165, 1.54) is 0 Å². The van der Waals surface area contributed by atoms with Gasteiger partial charge in [0.2, 0.25) is 0 Å². The Bertz CT molecular complexity index is 601. The van der Waals surface area contributed by atoms with Crippen LogP contribution in [0.15, 0.2) is 48.5 Å². The molecule has 2 aromatic carbocycles. The van der Waals surface area contributed by atoms with E-state index in [0.29, 0.717) is 10.0 Å². The molecular formula is C19H21Cl2NO. The van der Waals surface area contributed by atoms with E-state index in [1.807, 2.05) is 48.5 Å². The Morgan fingerprint density at radius 2 is 1.26 bits per heavy atom. The zero-order valence-electron chi connectivity index (χ0n) is 13.2. The molecule has 0 unspecified atom stereocenters. The Morgan fingerprint density at radius 3 is 1.65 bits per heavy atom. The molecule has 0 spiro atoms. The van der Waals surface area contributed by atoms with Crippen molar-refractivity contribution in [3.05, 3.63) is 69.7 Å². The van der Waals surface area contributed by atoms with E-state index >= 15 is 0 Å². The lowest BCUT2D eigenvalue weighted by Crippen LogP contribution is -2.43. The smallest absolute Gasteiger partial charge is 0.117 e. The van der Waals surface area contributed by atoms with Crippen LogP contribution in [0.5, 0.6) is 0 Å². The Balaban J connectivity index is 2.05. The van der Waals surface area contributed by atoms with Gasteiger partial charge in [-0.2, -0.15) is 0 Å². The van der Waals surface area contributed by atoms with Gasteiger partial charge in [0.05, 0.1) is 0 Å². The minimum absolute atomic E-state index is 0.168. The molecule has 23 heavy (non-hydrogen) atoms. The monoisotopic (exact) mass is 349 g/mol. The van der Waals surface area contributed by atoms with Crippen LogP contribution in [-0.2, 0) is 5.60 Å². The van der Waals surface area contributed by atoms with Gasteiger partial charge in [0.25, 0.3) is 0 Å². The first-order valence-electron chi connectivity index (χ1n) is 7.93. The van der Waals surface area contributed by atoms with Crippen molar-refractivity contribution in [2.24, 2.45) is 5.92 Å². The molecule has 0 aliphatic carbocycles. The predicted octanol–water partition coefficient (Wildman–Crippen LogP) is 4.57. The predicted molar refractivity (Wildman–Crippen MR) is 96.1 cm³/mol. The van der Waals surface area contributed by atoms with Gasteiger partial charge in [-0.25, -0.2) is 0 Å². The summed E-state index contributed by atoms with van der Waals surface area (Å²) in [5.74, 6) is 0.168. The lowest BCUT2D eigenvalue weighted by atomic mass is 9.72. The maximum Gasteiger partial charge on any atom is 0.117 e. The molecule has 4 heteroatoms. The van der Waals surface area contributed by atoms with Gasteiger partial charge in [0.1, 0.15) is 5.60 Å². The molecule has 3 rings (SSSR count). The summed E-state index contributed by atoms with van der Waals surface area (Å²) < 4.78 is 0. The van der Waals surface area contributed by atoms with Gasteiger partial charge in [-0.15, -0.1) is 0 Å². The van der Waals surface area contributed by atoms with Crippen LogP contribution < -0.4 is 0 Å². The van der Waals surface area contributed by atoms with Gasteiger partial charge in [-0.1, -0.05) is 47.5 Å². The fourth-order valence-corrected chi connectivity index (χ4v) is 3.72. The van der Waals surface area contributed by atoms with Gasteiger partial charge < -0.3 is 10.0 Å². The zero-order chi connectivity index (χ0) is 16.4. The average molecular weight is 350 g/mol. The van der Waals surface area contributed by atoms with Crippen molar-refractivity contribution in [3.63, 3.8) is 0 Å². The molecule has 1 aliphatic rings. The Labute approximate surface area is 147 Å². The summed E-state index contributed by atoms with van der Waals surface area (Å²) in [5, 5.41) is 13.1. The van der Waals surface area contributed by atoms with E-state index in [4.69, 9.17) is 23.2 Å². The number of benzene rings is 2. The Morgan fingerprint density at radius 1 is 0.870 bits per heavy atom. The summed E-state index contributed by atoms with van der Waals surface area (Å²) in [7, 11) is 2.12. The lowest BCUT2D eigenvalue weighted by molar-refractivity contribution is -0.0109. The number of halogens is 2. The SMILES string of the molecule is CN1CCC(C(O)(c2ccc(Cl)cc2)c2ccc(Cl)cc2)CC1. The second-order valence-corrected chi connectivity index (χ2v) is 7.23. The molecule has 1 saturated heterocycles. The largest absolute Gasteiger partial charge is 0.380 e. The van der Waals surface area contributed by atoms with Crippen molar-refractivity contribution in [1.82, 2.24) is 4.90 Å².